The van der Waals surface area contributed by atoms with Crippen molar-refractivity contribution in [2.45, 2.75) is 18.6 Å². The molecule has 3 amide bonds. The minimum atomic E-state index is -5.14. The summed E-state index contributed by atoms with van der Waals surface area (Å²) in [4.78, 5) is 30.7. The van der Waals surface area contributed by atoms with Crippen molar-refractivity contribution >= 4 is 22.3 Å². The normalized spacial score (nSPS) is 20.1. The molecule has 3 heterocycles. The Hall–Kier alpha value is -2.02. The monoisotopic (exact) mass is 426 g/mol. The summed E-state index contributed by atoms with van der Waals surface area (Å²) in [6.07, 6.45) is 3.20. The number of aromatic nitrogens is 1. The van der Waals surface area contributed by atoms with E-state index in [4.69, 9.17) is 0 Å². The first-order valence-corrected chi connectivity index (χ1v) is 9.69. The minimum Gasteiger partial charge on any atom is -0.724 e. The van der Waals surface area contributed by atoms with Crippen LogP contribution in [0.25, 0.3) is 0 Å². The second-order valence-electron chi connectivity index (χ2n) is 6.36. The Labute approximate surface area is 189 Å². The number of urea groups is 1. The molecule has 0 unspecified atom stereocenters. The molecule has 2 aromatic rings. The van der Waals surface area contributed by atoms with Crippen LogP contribution in [0.5, 0.6) is 0 Å². The fourth-order valence-corrected chi connectivity index (χ4v) is 3.89. The van der Waals surface area contributed by atoms with Gasteiger partial charge in [-0.05, 0) is 28.8 Å². The summed E-state index contributed by atoms with van der Waals surface area (Å²) in [5.74, 6) is -0.428. The van der Waals surface area contributed by atoms with Crippen LogP contribution < -0.4 is 34.9 Å². The maximum Gasteiger partial charge on any atom is 1.00 e. The zero-order valence-corrected chi connectivity index (χ0v) is 18.2. The number of carbonyl (C=O) groups excluding carboxylic acids is 2. The van der Waals surface area contributed by atoms with Crippen LogP contribution in [-0.2, 0) is 26.0 Å². The number of nitrogens with zero attached hydrogens (tertiary/aromatic N) is 3. The fraction of sp³-hybridized carbons (Fsp3) is 0.235. The maximum absolute atomic E-state index is 12.9. The molecule has 4 rings (SSSR count). The molecule has 1 N–H and O–H groups in total. The van der Waals surface area contributed by atoms with Gasteiger partial charge in [0.25, 0.3) is 0 Å². The molecule has 0 spiro atoms. The van der Waals surface area contributed by atoms with Gasteiger partial charge in [-0.25, -0.2) is 13.2 Å². The summed E-state index contributed by atoms with van der Waals surface area (Å²) in [7, 11) is -5.14. The van der Waals surface area contributed by atoms with Crippen molar-refractivity contribution in [1.82, 2.24) is 20.3 Å². The van der Waals surface area contributed by atoms with Gasteiger partial charge < -0.3 is 14.8 Å². The molecule has 12 heteroatoms. The number of fused-ring (bicyclic) bond motifs is 4. The average molecular weight is 426 g/mol. The molecule has 0 aliphatic carbocycles. The standard InChI is InChI=1S/C17H16N4O6S.Na/c22-16(19-9-11-5-7-18-8-6-11)15-13-4-2-1-3-12(13)14-10-20(15)17(23)21(14)27-28(24,25)26;/h1-8,14-15H,9-10H2,(H,19,22)(H,24,25,26);/q;+1/p-1/t14-,15+;/m0./s1. The van der Waals surface area contributed by atoms with E-state index in [9.17, 15) is 22.6 Å². The smallest absolute Gasteiger partial charge is 0.724 e. The molecule has 10 nitrogen and oxygen atoms in total. The third-order valence-electron chi connectivity index (χ3n) is 4.68. The molecule has 29 heavy (non-hydrogen) atoms. The zero-order valence-electron chi connectivity index (χ0n) is 15.4. The second kappa shape index (κ2) is 8.38. The van der Waals surface area contributed by atoms with Crippen LogP contribution in [0, 0.1) is 0 Å². The van der Waals surface area contributed by atoms with Gasteiger partial charge in [0.2, 0.25) is 16.3 Å². The van der Waals surface area contributed by atoms with Crippen molar-refractivity contribution in [3.63, 3.8) is 0 Å². The molecular weight excluding hydrogens is 411 g/mol. The molecule has 146 valence electrons. The minimum absolute atomic E-state index is 0. The van der Waals surface area contributed by atoms with E-state index in [-0.39, 0.29) is 42.6 Å². The van der Waals surface area contributed by atoms with Crippen LogP contribution in [0.4, 0.5) is 4.79 Å². The Bertz CT molecular complexity index is 1040. The average Bonchev–Trinajstić information content (AvgIpc) is 2.93. The van der Waals surface area contributed by atoms with E-state index < -0.39 is 34.4 Å². The van der Waals surface area contributed by atoms with Gasteiger partial charge in [-0.3, -0.25) is 9.78 Å². The molecule has 0 radical (unpaired) electrons. The topological polar surface area (TPSA) is 132 Å². The zero-order chi connectivity index (χ0) is 19.9. The van der Waals surface area contributed by atoms with E-state index in [0.717, 1.165) is 5.56 Å². The van der Waals surface area contributed by atoms with Crippen molar-refractivity contribution in [2.75, 3.05) is 6.54 Å². The molecule has 1 fully saturated rings. The fourth-order valence-electron chi connectivity index (χ4n) is 3.52. The number of carbonyl (C=O) groups is 2. The van der Waals surface area contributed by atoms with E-state index in [1.165, 1.54) is 4.90 Å². The van der Waals surface area contributed by atoms with Crippen LogP contribution >= 0.6 is 0 Å². The maximum atomic E-state index is 12.9. The summed E-state index contributed by atoms with van der Waals surface area (Å²) in [6, 6.07) is 7.66. The predicted octanol–water partition coefficient (Wildman–Crippen LogP) is -2.37. The third kappa shape index (κ3) is 4.29. The molecule has 2 aliphatic rings. The number of rotatable bonds is 5. The summed E-state index contributed by atoms with van der Waals surface area (Å²) < 4.78 is 37.5. The summed E-state index contributed by atoms with van der Waals surface area (Å²) in [6.45, 7) is 0.263. The largest absolute Gasteiger partial charge is 1.00 e. The number of hydroxylamine groups is 2. The summed E-state index contributed by atoms with van der Waals surface area (Å²) in [5.41, 5.74) is 1.94. The third-order valence-corrected chi connectivity index (χ3v) is 5.03. The van der Waals surface area contributed by atoms with Crippen molar-refractivity contribution in [1.29, 1.82) is 0 Å². The number of benzene rings is 1. The van der Waals surface area contributed by atoms with E-state index in [1.807, 2.05) is 0 Å². The van der Waals surface area contributed by atoms with Gasteiger partial charge in [0.1, 0.15) is 12.1 Å². The van der Waals surface area contributed by atoms with Crippen LogP contribution in [0.3, 0.4) is 0 Å². The van der Waals surface area contributed by atoms with Crippen molar-refractivity contribution < 1.29 is 56.4 Å². The molecule has 1 aromatic heterocycles. The Balaban J connectivity index is 0.00000240. The number of nitrogens with one attached hydrogen (secondary N) is 1. The van der Waals surface area contributed by atoms with Gasteiger partial charge >= 0.3 is 35.6 Å². The van der Waals surface area contributed by atoms with Crippen molar-refractivity contribution in [3.8, 4) is 0 Å². The summed E-state index contributed by atoms with van der Waals surface area (Å²) >= 11 is 0. The van der Waals surface area contributed by atoms with E-state index in [1.54, 1.807) is 48.8 Å². The van der Waals surface area contributed by atoms with Crippen molar-refractivity contribution in [2.24, 2.45) is 0 Å². The number of pyridine rings is 1. The summed E-state index contributed by atoms with van der Waals surface area (Å²) in [5, 5.41) is 3.30. The Morgan fingerprint density at radius 1 is 1.21 bits per heavy atom. The van der Waals surface area contributed by atoms with E-state index in [0.29, 0.717) is 16.2 Å². The molecule has 1 aromatic carbocycles. The molecular formula is C17H15N4NaO6S. The first kappa shape index (κ1) is 21.7. The van der Waals surface area contributed by atoms with Crippen LogP contribution in [-0.4, -0.2) is 46.4 Å². The first-order chi connectivity index (χ1) is 13.3. The molecule has 1 saturated heterocycles. The molecule has 0 saturated carbocycles. The van der Waals surface area contributed by atoms with Crippen LogP contribution in [0.1, 0.15) is 28.8 Å². The Morgan fingerprint density at radius 2 is 1.86 bits per heavy atom. The Kier molecular flexibility index (Phi) is 6.27. The number of amides is 3. The molecule has 2 aliphatic heterocycles. The van der Waals surface area contributed by atoms with Crippen LogP contribution in [0.2, 0.25) is 0 Å². The van der Waals surface area contributed by atoms with Gasteiger partial charge in [-0.2, -0.15) is 9.35 Å². The first-order valence-electron chi connectivity index (χ1n) is 8.36. The van der Waals surface area contributed by atoms with Crippen LogP contribution in [0.15, 0.2) is 48.8 Å². The number of hydrogen-bond donors (Lipinski definition) is 1. The van der Waals surface area contributed by atoms with E-state index in [2.05, 4.69) is 14.6 Å². The molecule has 2 atom stereocenters. The Morgan fingerprint density at radius 3 is 2.52 bits per heavy atom. The second-order valence-corrected chi connectivity index (χ2v) is 7.33. The van der Waals surface area contributed by atoms with E-state index >= 15 is 0 Å². The molecule has 2 bridgehead atoms. The van der Waals surface area contributed by atoms with Gasteiger partial charge in [-0.1, -0.05) is 24.3 Å². The SMILES string of the molecule is O=C(NCc1ccncc1)[C@H]1c2ccccc2[C@@H]2CN1C(=O)N2OS(=O)(=O)[O-].[Na+]. The van der Waals surface area contributed by atoms with Gasteiger partial charge in [0.15, 0.2) is 0 Å². The number of hydrogen-bond acceptors (Lipinski definition) is 7. The van der Waals surface area contributed by atoms with Gasteiger partial charge in [-0.15, -0.1) is 0 Å². The van der Waals surface area contributed by atoms with Gasteiger partial charge in [0, 0.05) is 18.9 Å². The predicted molar refractivity (Wildman–Crippen MR) is 92.7 cm³/mol. The quantitative estimate of drug-likeness (QED) is 0.321. The van der Waals surface area contributed by atoms with Gasteiger partial charge in [0.05, 0.1) is 6.54 Å². The van der Waals surface area contributed by atoms with Crippen molar-refractivity contribution in [3.05, 3.63) is 65.5 Å².